The van der Waals surface area contributed by atoms with Crippen molar-refractivity contribution >= 4 is 29.9 Å². The van der Waals surface area contributed by atoms with Crippen LogP contribution in [-0.4, -0.2) is 63.9 Å². The van der Waals surface area contributed by atoms with Crippen LogP contribution in [0.4, 0.5) is 4.39 Å². The predicted molar refractivity (Wildman–Crippen MR) is 138 cm³/mol. The van der Waals surface area contributed by atoms with Gasteiger partial charge in [-0.1, -0.05) is 24.3 Å². The second kappa shape index (κ2) is 14.3. The van der Waals surface area contributed by atoms with Gasteiger partial charge in [0.1, 0.15) is 11.6 Å². The van der Waals surface area contributed by atoms with Crippen LogP contribution in [0, 0.1) is 5.82 Å². The normalized spacial score (nSPS) is 15.5. The number of benzene rings is 2. The number of aliphatic imine (C=N–C) groups is 1. The number of guanidine groups is 1. The van der Waals surface area contributed by atoms with Crippen LogP contribution >= 0.6 is 24.0 Å². The van der Waals surface area contributed by atoms with E-state index in [0.29, 0.717) is 19.8 Å². The summed E-state index contributed by atoms with van der Waals surface area (Å²) in [5.74, 6) is 1.43. The quantitative estimate of drug-likeness (QED) is 0.281. The first-order chi connectivity index (χ1) is 15.2. The summed E-state index contributed by atoms with van der Waals surface area (Å²) in [7, 11) is 1.68. The summed E-state index contributed by atoms with van der Waals surface area (Å²) >= 11 is 0. The van der Waals surface area contributed by atoms with Crippen LogP contribution in [0.15, 0.2) is 53.5 Å². The fourth-order valence-electron chi connectivity index (χ4n) is 3.68. The van der Waals surface area contributed by atoms with E-state index in [2.05, 4.69) is 34.6 Å². The third-order valence-electron chi connectivity index (χ3n) is 5.35. The van der Waals surface area contributed by atoms with Crippen molar-refractivity contribution in [1.82, 2.24) is 15.5 Å². The molecule has 0 amide bonds. The lowest BCUT2D eigenvalue weighted by molar-refractivity contribution is 0.0179. The number of morpholine rings is 1. The number of methoxy groups -OCH3 is 1. The lowest BCUT2D eigenvalue weighted by atomic mass is 10.0. The van der Waals surface area contributed by atoms with E-state index < -0.39 is 0 Å². The molecule has 176 valence electrons. The lowest BCUT2D eigenvalue weighted by Crippen LogP contribution is -2.42. The monoisotopic (exact) mass is 556 g/mol. The molecule has 8 heteroatoms. The van der Waals surface area contributed by atoms with Crippen molar-refractivity contribution in [2.75, 3.05) is 53.0 Å². The highest BCUT2D eigenvalue weighted by Crippen LogP contribution is 2.22. The molecule has 0 spiro atoms. The van der Waals surface area contributed by atoms with Gasteiger partial charge in [-0.15, -0.1) is 24.0 Å². The Hall–Kier alpha value is -1.91. The summed E-state index contributed by atoms with van der Waals surface area (Å²) in [5, 5.41) is 6.74. The molecule has 1 unspecified atom stereocenters. The minimum Gasteiger partial charge on any atom is -0.497 e. The van der Waals surface area contributed by atoms with Gasteiger partial charge in [0, 0.05) is 26.2 Å². The van der Waals surface area contributed by atoms with Crippen molar-refractivity contribution in [2.45, 2.75) is 19.4 Å². The molecule has 1 aliphatic rings. The Morgan fingerprint density at radius 2 is 1.91 bits per heavy atom. The third kappa shape index (κ3) is 8.22. The second-order valence-electron chi connectivity index (χ2n) is 7.46. The molecular weight excluding hydrogens is 522 g/mol. The Morgan fingerprint density at radius 1 is 1.16 bits per heavy atom. The fourth-order valence-corrected chi connectivity index (χ4v) is 3.68. The van der Waals surface area contributed by atoms with Gasteiger partial charge in [0.15, 0.2) is 5.96 Å². The van der Waals surface area contributed by atoms with Gasteiger partial charge in [-0.05, 0) is 48.7 Å². The van der Waals surface area contributed by atoms with Crippen LogP contribution in [0.1, 0.15) is 24.1 Å². The predicted octanol–water partition coefficient (Wildman–Crippen LogP) is 3.62. The van der Waals surface area contributed by atoms with Gasteiger partial charge in [0.05, 0.1) is 32.9 Å². The molecule has 32 heavy (non-hydrogen) atoms. The molecule has 2 aromatic rings. The van der Waals surface area contributed by atoms with E-state index in [4.69, 9.17) is 14.5 Å². The number of nitrogens with zero attached hydrogens (tertiary/aromatic N) is 2. The topological polar surface area (TPSA) is 58.1 Å². The molecule has 0 aliphatic carbocycles. The van der Waals surface area contributed by atoms with E-state index in [0.717, 1.165) is 49.9 Å². The molecule has 3 rings (SSSR count). The average molecular weight is 556 g/mol. The first kappa shape index (κ1) is 26.3. The number of hydrogen-bond acceptors (Lipinski definition) is 4. The van der Waals surface area contributed by atoms with E-state index >= 15 is 0 Å². The molecule has 1 aliphatic heterocycles. The van der Waals surface area contributed by atoms with Crippen molar-refractivity contribution in [1.29, 1.82) is 0 Å². The molecule has 0 radical (unpaired) electrons. The van der Waals surface area contributed by atoms with E-state index in [1.165, 1.54) is 17.7 Å². The van der Waals surface area contributed by atoms with Crippen LogP contribution in [0.5, 0.6) is 5.75 Å². The molecule has 0 aromatic heterocycles. The SMILES string of the molecule is CCNC(=NCC(c1ccc(F)cc1)N1CCOCC1)NCCc1cccc(OC)c1.I. The molecular formula is C24H34FIN4O2. The number of nitrogens with one attached hydrogen (secondary N) is 2. The van der Waals surface area contributed by atoms with Crippen LogP contribution in [0.25, 0.3) is 0 Å². The molecule has 1 fully saturated rings. The molecule has 6 nitrogen and oxygen atoms in total. The zero-order valence-corrected chi connectivity index (χ0v) is 21.2. The van der Waals surface area contributed by atoms with Gasteiger partial charge >= 0.3 is 0 Å². The highest BCUT2D eigenvalue weighted by atomic mass is 127. The summed E-state index contributed by atoms with van der Waals surface area (Å²) in [5.41, 5.74) is 2.28. The van der Waals surface area contributed by atoms with E-state index in [1.54, 1.807) is 7.11 Å². The lowest BCUT2D eigenvalue weighted by Gasteiger charge is -2.34. The van der Waals surface area contributed by atoms with Gasteiger partial charge in [-0.25, -0.2) is 4.39 Å². The minimum atomic E-state index is -0.222. The Bertz CT molecular complexity index is 829. The Kier molecular flexibility index (Phi) is 11.8. The summed E-state index contributed by atoms with van der Waals surface area (Å²) < 4.78 is 24.3. The third-order valence-corrected chi connectivity index (χ3v) is 5.35. The molecule has 0 saturated carbocycles. The maximum absolute atomic E-state index is 13.4. The van der Waals surface area contributed by atoms with Crippen molar-refractivity contribution in [3.05, 3.63) is 65.5 Å². The highest BCUT2D eigenvalue weighted by Gasteiger charge is 2.22. The number of rotatable bonds is 9. The van der Waals surface area contributed by atoms with Gasteiger partial charge in [0.2, 0.25) is 0 Å². The Morgan fingerprint density at radius 3 is 2.59 bits per heavy atom. The van der Waals surface area contributed by atoms with Crippen LogP contribution < -0.4 is 15.4 Å². The summed E-state index contributed by atoms with van der Waals surface area (Å²) in [6, 6.07) is 14.9. The second-order valence-corrected chi connectivity index (χ2v) is 7.46. The highest BCUT2D eigenvalue weighted by molar-refractivity contribution is 14.0. The molecule has 1 saturated heterocycles. The van der Waals surface area contributed by atoms with E-state index in [1.807, 2.05) is 24.3 Å². The van der Waals surface area contributed by atoms with Gasteiger partial charge < -0.3 is 20.1 Å². The van der Waals surface area contributed by atoms with Gasteiger partial charge in [-0.2, -0.15) is 0 Å². The Labute approximate surface area is 207 Å². The smallest absolute Gasteiger partial charge is 0.191 e. The molecule has 0 bridgehead atoms. The number of halogens is 2. The summed E-state index contributed by atoms with van der Waals surface area (Å²) in [6.07, 6.45) is 0.868. The molecule has 1 heterocycles. The Balaban J connectivity index is 0.00000363. The maximum atomic E-state index is 13.4. The van der Waals surface area contributed by atoms with Crippen molar-refractivity contribution in [3.8, 4) is 5.75 Å². The average Bonchev–Trinajstić information content (AvgIpc) is 2.81. The molecule has 1 atom stereocenters. The summed E-state index contributed by atoms with van der Waals surface area (Å²) in [4.78, 5) is 7.21. The van der Waals surface area contributed by atoms with Crippen LogP contribution in [0.3, 0.4) is 0 Å². The minimum absolute atomic E-state index is 0. The van der Waals surface area contributed by atoms with E-state index in [9.17, 15) is 4.39 Å². The van der Waals surface area contributed by atoms with Gasteiger partial charge in [0.25, 0.3) is 0 Å². The van der Waals surface area contributed by atoms with Crippen molar-refractivity contribution < 1.29 is 13.9 Å². The van der Waals surface area contributed by atoms with Crippen LogP contribution in [-0.2, 0) is 11.2 Å². The number of hydrogen-bond donors (Lipinski definition) is 2. The van der Waals surface area contributed by atoms with Gasteiger partial charge in [-0.3, -0.25) is 9.89 Å². The zero-order chi connectivity index (χ0) is 21.9. The first-order valence-corrected chi connectivity index (χ1v) is 10.9. The van der Waals surface area contributed by atoms with Crippen LogP contribution in [0.2, 0.25) is 0 Å². The van der Waals surface area contributed by atoms with E-state index in [-0.39, 0.29) is 35.8 Å². The summed E-state index contributed by atoms with van der Waals surface area (Å²) in [6.45, 7) is 7.29. The molecule has 2 N–H and O–H groups in total. The number of ether oxygens (including phenoxy) is 2. The molecule has 2 aromatic carbocycles. The standard InChI is InChI=1S/C24H33FN4O2.HI/c1-3-26-24(27-12-11-19-5-4-6-22(17-19)30-2)28-18-23(29-13-15-31-16-14-29)20-7-9-21(25)10-8-20;/h4-10,17,23H,3,11-16,18H2,1-2H3,(H2,26,27,28);1H. The largest absolute Gasteiger partial charge is 0.497 e. The first-order valence-electron chi connectivity index (χ1n) is 10.9. The fraction of sp³-hybridized carbons (Fsp3) is 0.458. The zero-order valence-electron chi connectivity index (χ0n) is 18.9. The maximum Gasteiger partial charge on any atom is 0.191 e. The van der Waals surface area contributed by atoms with Crippen molar-refractivity contribution in [3.63, 3.8) is 0 Å². The van der Waals surface area contributed by atoms with Crippen molar-refractivity contribution in [2.24, 2.45) is 4.99 Å².